The highest BCUT2D eigenvalue weighted by molar-refractivity contribution is 5.90. The van der Waals surface area contributed by atoms with E-state index in [4.69, 9.17) is 9.47 Å². The summed E-state index contributed by atoms with van der Waals surface area (Å²) in [5.41, 5.74) is 2.20. The molecule has 0 radical (unpaired) electrons. The number of carbonyl (C=O) groups excluding carboxylic acids is 1. The first-order valence-electron chi connectivity index (χ1n) is 10.3. The molecule has 0 unspecified atom stereocenters. The maximum absolute atomic E-state index is 13.4. The summed E-state index contributed by atoms with van der Waals surface area (Å²) in [6.07, 6.45) is 0.964. The van der Waals surface area contributed by atoms with Crippen LogP contribution in [0.4, 0.5) is 13.2 Å². The minimum atomic E-state index is -4.43. The van der Waals surface area contributed by atoms with Gasteiger partial charge in [0, 0.05) is 12.4 Å². The molecule has 4 nitrogen and oxygen atoms in total. The van der Waals surface area contributed by atoms with Crippen LogP contribution in [0.2, 0.25) is 0 Å². The van der Waals surface area contributed by atoms with Crippen molar-refractivity contribution in [1.29, 1.82) is 0 Å². The molecular weight excluding hydrogens is 419 g/mol. The molecule has 0 spiro atoms. The number of alkyl halides is 3. The average Bonchev–Trinajstić information content (AvgIpc) is 2.81. The number of hydrogen-bond donors (Lipinski definition) is 0. The van der Waals surface area contributed by atoms with E-state index >= 15 is 0 Å². The number of methoxy groups -OCH3 is 1. The number of pyridine rings is 1. The number of aryl methyl sites for hydroxylation is 1. The van der Waals surface area contributed by atoms with Crippen molar-refractivity contribution < 1.29 is 27.4 Å². The maximum Gasteiger partial charge on any atom is 0.417 e. The Balaban J connectivity index is 1.59. The molecule has 0 saturated heterocycles. The fourth-order valence-electron chi connectivity index (χ4n) is 4.18. The van der Waals surface area contributed by atoms with Crippen molar-refractivity contribution >= 4 is 5.97 Å². The highest BCUT2D eigenvalue weighted by atomic mass is 19.4. The van der Waals surface area contributed by atoms with Gasteiger partial charge >= 0.3 is 12.1 Å². The third kappa shape index (κ3) is 4.47. The number of nitrogens with zero attached hydrogens (tertiary/aromatic N) is 1. The van der Waals surface area contributed by atoms with Crippen LogP contribution in [0.1, 0.15) is 45.8 Å². The first-order valence-corrected chi connectivity index (χ1v) is 10.3. The Hall–Kier alpha value is -3.35. The number of halogens is 3. The van der Waals surface area contributed by atoms with Crippen LogP contribution >= 0.6 is 0 Å². The maximum atomic E-state index is 13.4. The molecule has 32 heavy (non-hydrogen) atoms. The zero-order valence-corrected chi connectivity index (χ0v) is 17.5. The molecule has 0 saturated carbocycles. The minimum absolute atomic E-state index is 0.131. The molecule has 1 aromatic heterocycles. The van der Waals surface area contributed by atoms with Gasteiger partial charge in [-0.15, -0.1) is 0 Å². The van der Waals surface area contributed by atoms with Gasteiger partial charge in [0.05, 0.1) is 24.8 Å². The third-order valence-electron chi connectivity index (χ3n) is 5.79. The Morgan fingerprint density at radius 1 is 1.19 bits per heavy atom. The molecule has 2 aromatic carbocycles. The molecule has 0 amide bonds. The highest BCUT2D eigenvalue weighted by Crippen LogP contribution is 2.42. The van der Waals surface area contributed by atoms with Crippen molar-refractivity contribution in [3.05, 3.63) is 83.2 Å². The molecule has 3 aromatic rings. The first kappa shape index (κ1) is 21.9. The Kier molecular flexibility index (Phi) is 6.17. The number of carbonyl (C=O) groups is 1. The second-order valence-corrected chi connectivity index (χ2v) is 7.69. The van der Waals surface area contributed by atoms with Gasteiger partial charge in [-0.05, 0) is 65.6 Å². The van der Waals surface area contributed by atoms with Crippen molar-refractivity contribution in [3.63, 3.8) is 0 Å². The lowest BCUT2D eigenvalue weighted by Crippen LogP contribution is -2.16. The van der Waals surface area contributed by atoms with Crippen LogP contribution in [0.3, 0.4) is 0 Å². The van der Waals surface area contributed by atoms with Gasteiger partial charge in [0.15, 0.2) is 0 Å². The van der Waals surface area contributed by atoms with Crippen molar-refractivity contribution in [1.82, 2.24) is 4.98 Å². The first-order chi connectivity index (χ1) is 15.4. The van der Waals surface area contributed by atoms with Crippen LogP contribution in [0.5, 0.6) is 5.75 Å². The predicted octanol–water partition coefficient (Wildman–Crippen LogP) is 6.05. The SMILES string of the molecule is COC(=O)c1ccncc1CC[C@@H]1CCOc2cc(-c3ccccc3C(F)(F)F)ccc21. The molecule has 0 aliphatic carbocycles. The van der Waals surface area contributed by atoms with Gasteiger partial charge in [0.25, 0.3) is 0 Å². The summed E-state index contributed by atoms with van der Waals surface area (Å²) < 4.78 is 51.0. The van der Waals surface area contributed by atoms with E-state index in [9.17, 15) is 18.0 Å². The number of esters is 1. The Morgan fingerprint density at radius 3 is 2.78 bits per heavy atom. The zero-order valence-electron chi connectivity index (χ0n) is 17.5. The van der Waals surface area contributed by atoms with Crippen molar-refractivity contribution in [3.8, 4) is 16.9 Å². The minimum Gasteiger partial charge on any atom is -0.493 e. The standard InChI is InChI=1S/C25H22F3NO3/c1-31-24(30)21-10-12-29-15-18(21)7-6-16-11-13-32-23-14-17(8-9-20(16)23)19-4-2-3-5-22(19)25(26,27)28/h2-5,8-10,12,14-16H,6-7,11,13H2,1H3/t16-/m1/s1. The number of aromatic nitrogens is 1. The number of fused-ring (bicyclic) bond motifs is 1. The van der Waals surface area contributed by atoms with Crippen LogP contribution in [-0.4, -0.2) is 24.7 Å². The van der Waals surface area contributed by atoms with E-state index in [2.05, 4.69) is 4.98 Å². The molecule has 4 rings (SSSR count). The molecule has 0 fully saturated rings. The fraction of sp³-hybridized carbons (Fsp3) is 0.280. The van der Waals surface area contributed by atoms with Gasteiger partial charge in [0.1, 0.15) is 5.75 Å². The van der Waals surface area contributed by atoms with Crippen molar-refractivity contribution in [2.75, 3.05) is 13.7 Å². The number of hydrogen-bond acceptors (Lipinski definition) is 4. The van der Waals surface area contributed by atoms with Crippen LogP contribution in [-0.2, 0) is 17.3 Å². The van der Waals surface area contributed by atoms with Gasteiger partial charge in [0.2, 0.25) is 0 Å². The van der Waals surface area contributed by atoms with E-state index in [-0.39, 0.29) is 11.5 Å². The number of rotatable bonds is 5. The van der Waals surface area contributed by atoms with Gasteiger partial charge < -0.3 is 9.47 Å². The van der Waals surface area contributed by atoms with E-state index in [1.165, 1.54) is 19.2 Å². The molecule has 0 N–H and O–H groups in total. The van der Waals surface area contributed by atoms with Crippen LogP contribution in [0, 0.1) is 0 Å². The summed E-state index contributed by atoms with van der Waals surface area (Å²) in [5.74, 6) is 0.370. The molecule has 1 aliphatic rings. The number of benzene rings is 2. The predicted molar refractivity (Wildman–Crippen MR) is 114 cm³/mol. The van der Waals surface area contributed by atoms with Gasteiger partial charge in [-0.3, -0.25) is 4.98 Å². The van der Waals surface area contributed by atoms with E-state index in [1.54, 1.807) is 36.7 Å². The monoisotopic (exact) mass is 441 g/mol. The average molecular weight is 441 g/mol. The second kappa shape index (κ2) is 9.02. The number of ether oxygens (including phenoxy) is 2. The third-order valence-corrected chi connectivity index (χ3v) is 5.79. The van der Waals surface area contributed by atoms with E-state index in [1.807, 2.05) is 6.07 Å². The second-order valence-electron chi connectivity index (χ2n) is 7.69. The Morgan fingerprint density at radius 2 is 2.00 bits per heavy atom. The molecular formula is C25H22F3NO3. The quantitative estimate of drug-likeness (QED) is 0.452. The highest BCUT2D eigenvalue weighted by Gasteiger charge is 2.33. The van der Waals surface area contributed by atoms with Crippen molar-refractivity contribution in [2.24, 2.45) is 0 Å². The fourth-order valence-corrected chi connectivity index (χ4v) is 4.18. The van der Waals surface area contributed by atoms with Gasteiger partial charge in [-0.25, -0.2) is 4.79 Å². The molecule has 0 bridgehead atoms. The Labute approximate surface area is 184 Å². The summed E-state index contributed by atoms with van der Waals surface area (Å²) in [5, 5.41) is 0. The Bertz CT molecular complexity index is 1130. The summed E-state index contributed by atoms with van der Waals surface area (Å²) in [6, 6.07) is 12.5. The van der Waals surface area contributed by atoms with Gasteiger partial charge in [-0.1, -0.05) is 30.3 Å². The summed E-state index contributed by atoms with van der Waals surface area (Å²) >= 11 is 0. The van der Waals surface area contributed by atoms with Crippen LogP contribution in [0.15, 0.2) is 60.9 Å². The smallest absolute Gasteiger partial charge is 0.417 e. The summed E-state index contributed by atoms with van der Waals surface area (Å²) in [7, 11) is 1.34. The largest absolute Gasteiger partial charge is 0.493 e. The lowest BCUT2D eigenvalue weighted by molar-refractivity contribution is -0.137. The molecule has 1 aliphatic heterocycles. The lowest BCUT2D eigenvalue weighted by atomic mass is 9.86. The molecule has 166 valence electrons. The zero-order chi connectivity index (χ0) is 22.7. The molecule has 7 heteroatoms. The van der Waals surface area contributed by atoms with Crippen molar-refractivity contribution in [2.45, 2.75) is 31.4 Å². The molecule has 1 atom stereocenters. The van der Waals surface area contributed by atoms with Crippen LogP contribution in [0.25, 0.3) is 11.1 Å². The van der Waals surface area contributed by atoms with E-state index < -0.39 is 17.7 Å². The van der Waals surface area contributed by atoms with Crippen LogP contribution < -0.4 is 4.74 Å². The summed E-state index contributed by atoms with van der Waals surface area (Å²) in [6.45, 7) is 0.485. The lowest BCUT2D eigenvalue weighted by Gasteiger charge is -2.27. The molecule has 2 heterocycles. The summed E-state index contributed by atoms with van der Waals surface area (Å²) in [4.78, 5) is 16.1. The van der Waals surface area contributed by atoms with E-state index in [0.717, 1.165) is 30.0 Å². The normalized spacial score (nSPS) is 15.6. The van der Waals surface area contributed by atoms with E-state index in [0.29, 0.717) is 29.9 Å². The topological polar surface area (TPSA) is 48.4 Å². The van der Waals surface area contributed by atoms with Gasteiger partial charge in [-0.2, -0.15) is 13.2 Å².